The predicted molar refractivity (Wildman–Crippen MR) is 107 cm³/mol. The number of rotatable bonds is 7. The number of urea groups is 1. The van der Waals surface area contributed by atoms with Crippen molar-refractivity contribution in [2.75, 3.05) is 39.0 Å². The number of aromatic nitrogens is 1. The molecule has 27 heavy (non-hydrogen) atoms. The third-order valence-electron chi connectivity index (χ3n) is 4.88. The van der Waals surface area contributed by atoms with E-state index < -0.39 is 0 Å². The molecule has 3 rings (SSSR count). The average Bonchev–Trinajstić information content (AvgIpc) is 3.00. The largest absolute Gasteiger partial charge is 0.338 e. The fourth-order valence-electron chi connectivity index (χ4n) is 3.43. The van der Waals surface area contributed by atoms with Gasteiger partial charge in [0.15, 0.2) is 0 Å². The zero-order valence-electron chi connectivity index (χ0n) is 15.9. The van der Waals surface area contributed by atoms with Crippen molar-refractivity contribution in [3.63, 3.8) is 0 Å². The van der Waals surface area contributed by atoms with Gasteiger partial charge < -0.3 is 20.4 Å². The van der Waals surface area contributed by atoms with Gasteiger partial charge in [0.1, 0.15) is 0 Å². The number of nitrogens with one attached hydrogen (secondary N) is 2. The Morgan fingerprint density at radius 3 is 2.93 bits per heavy atom. The number of para-hydroxylation sites is 1. The van der Waals surface area contributed by atoms with Gasteiger partial charge in [0.2, 0.25) is 5.91 Å². The van der Waals surface area contributed by atoms with Crippen molar-refractivity contribution in [3.8, 4) is 0 Å². The van der Waals surface area contributed by atoms with E-state index in [1.54, 1.807) is 6.20 Å². The summed E-state index contributed by atoms with van der Waals surface area (Å²) in [5.41, 5.74) is 1.46. The van der Waals surface area contributed by atoms with Crippen molar-refractivity contribution in [1.29, 1.82) is 0 Å². The number of carbonyl (C=O) groups is 2. The van der Waals surface area contributed by atoms with E-state index >= 15 is 0 Å². The highest BCUT2D eigenvalue weighted by molar-refractivity contribution is 5.99. The van der Waals surface area contributed by atoms with Crippen molar-refractivity contribution >= 4 is 28.5 Å². The number of hydrogen-bond donors (Lipinski definition) is 2. The molecule has 2 N–H and O–H groups in total. The number of nitrogens with zero attached hydrogens (tertiary/aromatic N) is 3. The van der Waals surface area contributed by atoms with E-state index in [4.69, 9.17) is 0 Å². The lowest BCUT2D eigenvalue weighted by molar-refractivity contribution is -0.129. The summed E-state index contributed by atoms with van der Waals surface area (Å²) in [7, 11) is 4.01. The van der Waals surface area contributed by atoms with Crippen LogP contribution in [0.5, 0.6) is 0 Å². The second-order valence-corrected chi connectivity index (χ2v) is 7.13. The van der Waals surface area contributed by atoms with Gasteiger partial charge in [0.05, 0.1) is 11.2 Å². The number of likely N-dealkylation sites (N-methyl/N-ethyl adjacent to an activating group) is 1. The molecule has 1 aliphatic rings. The topological polar surface area (TPSA) is 77.6 Å². The minimum Gasteiger partial charge on any atom is -0.338 e. The quantitative estimate of drug-likeness (QED) is 0.785. The Labute approximate surface area is 159 Å². The summed E-state index contributed by atoms with van der Waals surface area (Å²) in [6.45, 7) is 2.12. The number of benzene rings is 1. The minimum atomic E-state index is -0.252. The average molecular weight is 369 g/mol. The number of carbonyl (C=O) groups excluding carboxylic acids is 2. The van der Waals surface area contributed by atoms with Crippen molar-refractivity contribution < 1.29 is 9.59 Å². The van der Waals surface area contributed by atoms with Crippen LogP contribution in [-0.4, -0.2) is 66.5 Å². The zero-order chi connectivity index (χ0) is 19.2. The van der Waals surface area contributed by atoms with E-state index in [9.17, 15) is 9.59 Å². The number of fused-ring (bicyclic) bond motifs is 1. The molecular formula is C20H27N5O2. The van der Waals surface area contributed by atoms with E-state index in [0.29, 0.717) is 18.7 Å². The Bertz CT molecular complexity index is 803. The molecule has 0 spiro atoms. The van der Waals surface area contributed by atoms with E-state index in [1.165, 1.54) is 0 Å². The van der Waals surface area contributed by atoms with Crippen LogP contribution in [0.4, 0.5) is 10.5 Å². The first-order valence-electron chi connectivity index (χ1n) is 9.37. The van der Waals surface area contributed by atoms with Gasteiger partial charge in [-0.3, -0.25) is 9.78 Å². The van der Waals surface area contributed by atoms with Crippen molar-refractivity contribution in [2.24, 2.45) is 0 Å². The van der Waals surface area contributed by atoms with E-state index in [1.807, 2.05) is 49.3 Å². The molecule has 0 saturated carbocycles. The minimum absolute atomic E-state index is 0.206. The smallest absolute Gasteiger partial charge is 0.319 e. The molecule has 1 aromatic heterocycles. The molecule has 3 amide bonds. The lowest BCUT2D eigenvalue weighted by atomic mass is 10.1. The summed E-state index contributed by atoms with van der Waals surface area (Å²) < 4.78 is 0. The molecule has 1 saturated heterocycles. The summed E-state index contributed by atoms with van der Waals surface area (Å²) in [4.78, 5) is 32.7. The number of pyridine rings is 1. The fourth-order valence-corrected chi connectivity index (χ4v) is 3.43. The van der Waals surface area contributed by atoms with Gasteiger partial charge in [-0.1, -0.05) is 18.2 Å². The molecule has 0 radical (unpaired) electrons. The predicted octanol–water partition coefficient (Wildman–Crippen LogP) is 2.30. The van der Waals surface area contributed by atoms with Crippen LogP contribution in [0, 0.1) is 0 Å². The van der Waals surface area contributed by atoms with Crippen LogP contribution in [0.1, 0.15) is 19.3 Å². The molecule has 7 heteroatoms. The Morgan fingerprint density at radius 2 is 2.11 bits per heavy atom. The van der Waals surface area contributed by atoms with Crippen LogP contribution >= 0.6 is 0 Å². The first kappa shape index (κ1) is 19.1. The zero-order valence-corrected chi connectivity index (χ0v) is 15.9. The highest BCUT2D eigenvalue weighted by Gasteiger charge is 2.30. The van der Waals surface area contributed by atoms with E-state index in [0.717, 1.165) is 36.8 Å². The van der Waals surface area contributed by atoms with Crippen LogP contribution in [0.15, 0.2) is 36.5 Å². The number of hydrogen-bond acceptors (Lipinski definition) is 4. The summed E-state index contributed by atoms with van der Waals surface area (Å²) in [6, 6.07) is 9.49. The summed E-state index contributed by atoms with van der Waals surface area (Å²) in [5, 5.41) is 6.75. The molecule has 1 aliphatic heterocycles. The van der Waals surface area contributed by atoms with Gasteiger partial charge in [0.25, 0.3) is 0 Å². The Balaban J connectivity index is 1.50. The molecule has 0 bridgehead atoms. The molecular weight excluding hydrogens is 342 g/mol. The molecule has 144 valence electrons. The van der Waals surface area contributed by atoms with E-state index in [-0.39, 0.29) is 18.0 Å². The normalized spacial score (nSPS) is 16.9. The van der Waals surface area contributed by atoms with Crippen LogP contribution in [0.2, 0.25) is 0 Å². The summed E-state index contributed by atoms with van der Waals surface area (Å²) >= 11 is 0. The molecule has 1 fully saturated rings. The first-order chi connectivity index (χ1) is 13.0. The Morgan fingerprint density at radius 1 is 1.30 bits per heavy atom. The van der Waals surface area contributed by atoms with Gasteiger partial charge in [-0.15, -0.1) is 0 Å². The molecule has 1 atom stereocenters. The van der Waals surface area contributed by atoms with Gasteiger partial charge in [-0.2, -0.15) is 0 Å². The molecule has 2 aromatic rings. The number of anilines is 1. The first-order valence-corrected chi connectivity index (χ1v) is 9.37. The van der Waals surface area contributed by atoms with Gasteiger partial charge in [-0.25, -0.2) is 4.79 Å². The highest BCUT2D eigenvalue weighted by Crippen LogP contribution is 2.22. The van der Waals surface area contributed by atoms with Crippen molar-refractivity contribution in [2.45, 2.75) is 25.3 Å². The highest BCUT2D eigenvalue weighted by atomic mass is 16.2. The summed E-state index contributed by atoms with van der Waals surface area (Å²) in [5.74, 6) is 0.216. The molecule has 2 heterocycles. The van der Waals surface area contributed by atoms with Gasteiger partial charge in [0, 0.05) is 43.7 Å². The second kappa shape index (κ2) is 8.81. The van der Waals surface area contributed by atoms with Crippen LogP contribution in [-0.2, 0) is 4.79 Å². The third-order valence-corrected chi connectivity index (χ3v) is 4.88. The molecule has 0 aliphatic carbocycles. The Hall–Kier alpha value is -2.67. The van der Waals surface area contributed by atoms with Crippen molar-refractivity contribution in [1.82, 2.24) is 20.1 Å². The van der Waals surface area contributed by atoms with Crippen LogP contribution < -0.4 is 10.6 Å². The van der Waals surface area contributed by atoms with Crippen molar-refractivity contribution in [3.05, 3.63) is 36.5 Å². The monoisotopic (exact) mass is 369 g/mol. The van der Waals surface area contributed by atoms with Gasteiger partial charge in [-0.05, 0) is 39.1 Å². The molecule has 7 nitrogen and oxygen atoms in total. The maximum Gasteiger partial charge on any atom is 0.319 e. The standard InChI is InChI=1S/C20H27N5O2/c1-24(2)13-14-25-16(8-9-18(25)26)10-12-22-20(27)23-17-7-3-5-15-6-4-11-21-19(15)17/h3-7,11,16H,8-10,12-14H2,1-2H3,(H2,22,23,27)/t16-/m1/s1. The van der Waals surface area contributed by atoms with Crippen LogP contribution in [0.3, 0.4) is 0 Å². The van der Waals surface area contributed by atoms with Gasteiger partial charge >= 0.3 is 6.03 Å². The third kappa shape index (κ3) is 4.95. The summed E-state index contributed by atoms with van der Waals surface area (Å²) in [6.07, 6.45) is 3.94. The molecule has 0 unspecified atom stereocenters. The van der Waals surface area contributed by atoms with E-state index in [2.05, 4.69) is 20.5 Å². The lowest BCUT2D eigenvalue weighted by Gasteiger charge is -2.26. The Kier molecular flexibility index (Phi) is 6.24. The maximum atomic E-state index is 12.3. The fraction of sp³-hybridized carbons (Fsp3) is 0.450. The SMILES string of the molecule is CN(C)CCN1C(=O)CC[C@@H]1CCNC(=O)Nc1cccc2cccnc12. The van der Waals surface area contributed by atoms with Crippen LogP contribution in [0.25, 0.3) is 10.9 Å². The lowest BCUT2D eigenvalue weighted by Crippen LogP contribution is -2.40. The number of amides is 3. The second-order valence-electron chi connectivity index (χ2n) is 7.13. The molecule has 1 aromatic carbocycles. The maximum absolute atomic E-state index is 12.3. The number of likely N-dealkylation sites (tertiary alicyclic amines) is 1.